The highest BCUT2D eigenvalue weighted by Crippen LogP contribution is 2.34. The summed E-state index contributed by atoms with van der Waals surface area (Å²) in [6, 6.07) is 21.7. The Morgan fingerprint density at radius 3 is 2.49 bits per heavy atom. The molecule has 0 aliphatic rings. The molecule has 1 heterocycles. The largest absolute Gasteiger partial charge is 0.487 e. The lowest BCUT2D eigenvalue weighted by atomic mass is 9.88. The van der Waals surface area contributed by atoms with Crippen LogP contribution in [0, 0.1) is 0 Å². The average Bonchev–Trinajstić information content (AvgIpc) is 2.90. The summed E-state index contributed by atoms with van der Waals surface area (Å²) in [5.74, 6) is 0.370. The first-order valence-electron chi connectivity index (χ1n) is 12.1. The van der Waals surface area contributed by atoms with Crippen molar-refractivity contribution in [2.24, 2.45) is 0 Å². The Balaban J connectivity index is 1.55. The monoisotopic (exact) mass is 586 g/mol. The summed E-state index contributed by atoms with van der Waals surface area (Å²) in [6.07, 6.45) is 0.708. The van der Waals surface area contributed by atoms with E-state index in [4.69, 9.17) is 32.1 Å². The van der Waals surface area contributed by atoms with Crippen LogP contribution < -0.4 is 4.74 Å². The van der Waals surface area contributed by atoms with Gasteiger partial charge in [0.05, 0.1) is 11.2 Å². The van der Waals surface area contributed by atoms with E-state index in [9.17, 15) is 13.6 Å². The van der Waals surface area contributed by atoms with Crippen molar-refractivity contribution in [1.29, 1.82) is 0 Å². The molecule has 1 amide bonds. The van der Waals surface area contributed by atoms with Crippen LogP contribution in [0.1, 0.15) is 40.5 Å². The zero-order valence-electron chi connectivity index (χ0n) is 21.7. The smallest absolute Gasteiger partial charge is 0.302 e. The number of halogens is 2. The zero-order valence-corrected chi connectivity index (χ0v) is 24.0. The van der Waals surface area contributed by atoms with Gasteiger partial charge in [0.1, 0.15) is 18.0 Å². The Labute approximate surface area is 240 Å². The van der Waals surface area contributed by atoms with Gasteiger partial charge in [-0.1, -0.05) is 53.5 Å². The number of benzene rings is 3. The molecule has 10 heteroatoms. The van der Waals surface area contributed by atoms with Crippen LogP contribution in [0.3, 0.4) is 0 Å². The zero-order chi connectivity index (χ0) is 28.2. The highest BCUT2D eigenvalue weighted by Gasteiger charge is 2.31. The molecule has 0 saturated heterocycles. The van der Waals surface area contributed by atoms with Gasteiger partial charge in [-0.3, -0.25) is 13.5 Å². The van der Waals surface area contributed by atoms with E-state index in [0.717, 1.165) is 22.2 Å². The third-order valence-electron chi connectivity index (χ3n) is 6.38. The first-order chi connectivity index (χ1) is 18.5. The minimum Gasteiger partial charge on any atom is -0.487 e. The van der Waals surface area contributed by atoms with Crippen molar-refractivity contribution < 1.29 is 22.5 Å². The number of nitrogens with zero attached hydrogens (tertiary/aromatic N) is 2. The van der Waals surface area contributed by atoms with E-state index in [1.165, 1.54) is 4.90 Å². The normalized spacial score (nSPS) is 13.6. The molecule has 204 valence electrons. The molecule has 2 unspecified atom stereocenters. The summed E-state index contributed by atoms with van der Waals surface area (Å²) in [6.45, 7) is 1.95. The fraction of sp³-hybridized carbons (Fsp3) is 0.241. The highest BCUT2D eigenvalue weighted by molar-refractivity contribution is 7.74. The summed E-state index contributed by atoms with van der Waals surface area (Å²) in [7, 11) is 3.34. The van der Waals surface area contributed by atoms with Crippen LogP contribution in [-0.2, 0) is 34.2 Å². The molecule has 0 saturated carbocycles. The fourth-order valence-corrected chi connectivity index (χ4v) is 5.09. The summed E-state index contributed by atoms with van der Waals surface area (Å²) in [4.78, 5) is 18.8. The average molecular weight is 588 g/mol. The topological polar surface area (TPSA) is 89.0 Å². The van der Waals surface area contributed by atoms with Crippen molar-refractivity contribution in [1.82, 2.24) is 9.88 Å². The lowest BCUT2D eigenvalue weighted by Gasteiger charge is -2.29. The van der Waals surface area contributed by atoms with Crippen molar-refractivity contribution in [2.45, 2.75) is 32.0 Å². The number of fused-ring (bicyclic) bond motifs is 1. The van der Waals surface area contributed by atoms with Gasteiger partial charge in [-0.05, 0) is 73.4 Å². The number of carbonyl (C=O) groups excluding carboxylic acids is 1. The number of hydrogen-bond donors (Lipinski definition) is 1. The molecule has 7 nitrogen and oxygen atoms in total. The number of hydrogen-bond acceptors (Lipinski definition) is 5. The van der Waals surface area contributed by atoms with Crippen LogP contribution in [-0.4, -0.2) is 38.6 Å². The number of rotatable bonds is 10. The number of carbonyl (C=O) groups is 1. The molecule has 0 bridgehead atoms. The predicted molar refractivity (Wildman–Crippen MR) is 155 cm³/mol. The van der Waals surface area contributed by atoms with E-state index < -0.39 is 17.0 Å². The standard InChI is InChI=1S/C29H28Cl2N2O5S/c1-29(38-39(35)36,14-13-19-7-10-22(30)16-26(19)28(34)33(2)3)21-5-4-6-25(15-21)37-18-24-12-9-20-8-11-23(31)17-27(20)32-24/h4-12,15-17H,13-14,18H2,1-3H3,(H,35,36). The van der Waals surface area contributed by atoms with Gasteiger partial charge in [-0.2, -0.15) is 4.21 Å². The summed E-state index contributed by atoms with van der Waals surface area (Å²) >= 11 is 9.72. The van der Waals surface area contributed by atoms with Crippen molar-refractivity contribution >= 4 is 51.4 Å². The van der Waals surface area contributed by atoms with Gasteiger partial charge >= 0.3 is 11.4 Å². The van der Waals surface area contributed by atoms with E-state index in [2.05, 4.69) is 4.98 Å². The van der Waals surface area contributed by atoms with E-state index in [-0.39, 0.29) is 12.5 Å². The Hall–Kier alpha value is -3.01. The van der Waals surface area contributed by atoms with Gasteiger partial charge in [0.15, 0.2) is 0 Å². The predicted octanol–water partition coefficient (Wildman–Crippen LogP) is 6.82. The van der Waals surface area contributed by atoms with Crippen molar-refractivity contribution in [3.8, 4) is 5.75 Å². The lowest BCUT2D eigenvalue weighted by Crippen LogP contribution is -2.28. The Bertz CT molecular complexity index is 1530. The van der Waals surface area contributed by atoms with Gasteiger partial charge in [0, 0.05) is 35.1 Å². The number of aryl methyl sites for hydroxylation is 1. The van der Waals surface area contributed by atoms with Crippen LogP contribution in [0.15, 0.2) is 72.8 Å². The molecule has 39 heavy (non-hydrogen) atoms. The van der Waals surface area contributed by atoms with Gasteiger partial charge in [-0.15, -0.1) is 0 Å². The van der Waals surface area contributed by atoms with Gasteiger partial charge in [0.25, 0.3) is 5.91 Å². The molecule has 3 aromatic carbocycles. The van der Waals surface area contributed by atoms with E-state index in [0.29, 0.717) is 39.8 Å². The lowest BCUT2D eigenvalue weighted by molar-refractivity contribution is 0.0797. The number of aromatic nitrogens is 1. The minimum atomic E-state index is -2.53. The molecule has 0 fully saturated rings. The molecule has 2 atom stereocenters. The maximum absolute atomic E-state index is 12.7. The minimum absolute atomic E-state index is 0.180. The Kier molecular flexibility index (Phi) is 9.25. The van der Waals surface area contributed by atoms with E-state index in [1.807, 2.05) is 30.3 Å². The molecule has 1 N–H and O–H groups in total. The Morgan fingerprint density at radius 2 is 1.74 bits per heavy atom. The van der Waals surface area contributed by atoms with Crippen LogP contribution in [0.2, 0.25) is 10.0 Å². The van der Waals surface area contributed by atoms with Crippen LogP contribution in [0.25, 0.3) is 10.9 Å². The summed E-state index contributed by atoms with van der Waals surface area (Å²) < 4.78 is 33.0. The van der Waals surface area contributed by atoms with Gasteiger partial charge in [-0.25, -0.2) is 4.98 Å². The first kappa shape index (κ1) is 29.0. The van der Waals surface area contributed by atoms with Gasteiger partial charge < -0.3 is 9.64 Å². The van der Waals surface area contributed by atoms with E-state index in [1.54, 1.807) is 63.5 Å². The highest BCUT2D eigenvalue weighted by atomic mass is 35.5. The van der Waals surface area contributed by atoms with Gasteiger partial charge in [0.2, 0.25) is 0 Å². The SMILES string of the molecule is CN(C)C(=O)c1cc(Cl)ccc1CCC(C)(OS(=O)O)c1cccc(OCc2ccc3ccc(Cl)cc3n2)c1. The number of pyridine rings is 1. The second-order valence-electron chi connectivity index (χ2n) is 9.49. The fourth-order valence-electron chi connectivity index (χ4n) is 4.26. The second kappa shape index (κ2) is 12.4. The molecule has 0 spiro atoms. The van der Waals surface area contributed by atoms with Crippen LogP contribution >= 0.6 is 23.2 Å². The van der Waals surface area contributed by atoms with Crippen molar-refractivity contribution in [3.05, 3.63) is 105 Å². The molecule has 4 aromatic rings. The van der Waals surface area contributed by atoms with E-state index >= 15 is 0 Å². The molecule has 4 rings (SSSR count). The van der Waals surface area contributed by atoms with Crippen LogP contribution in [0.5, 0.6) is 5.75 Å². The summed E-state index contributed by atoms with van der Waals surface area (Å²) in [5, 5.41) is 2.04. The third-order valence-corrected chi connectivity index (χ3v) is 7.36. The molecule has 0 radical (unpaired) electrons. The first-order valence-corrected chi connectivity index (χ1v) is 13.9. The van der Waals surface area contributed by atoms with Crippen LogP contribution in [0.4, 0.5) is 0 Å². The summed E-state index contributed by atoms with van der Waals surface area (Å²) in [5.41, 5.74) is 2.22. The number of amides is 1. The molecule has 0 aliphatic carbocycles. The van der Waals surface area contributed by atoms with Crippen molar-refractivity contribution in [3.63, 3.8) is 0 Å². The Morgan fingerprint density at radius 1 is 1.03 bits per heavy atom. The third kappa shape index (κ3) is 7.35. The maximum Gasteiger partial charge on any atom is 0.302 e. The van der Waals surface area contributed by atoms with Crippen molar-refractivity contribution in [2.75, 3.05) is 14.1 Å². The second-order valence-corrected chi connectivity index (χ2v) is 11.0. The molecular weight excluding hydrogens is 559 g/mol. The quantitative estimate of drug-likeness (QED) is 0.205. The molecule has 1 aromatic heterocycles. The molecule has 0 aliphatic heterocycles. The number of ether oxygens (including phenoxy) is 1. The maximum atomic E-state index is 12.7. The molecular formula is C29H28Cl2N2O5S.